The van der Waals surface area contributed by atoms with Crippen LogP contribution in [0.2, 0.25) is 0 Å². The van der Waals surface area contributed by atoms with Gasteiger partial charge in [0.1, 0.15) is 12.4 Å². The summed E-state index contributed by atoms with van der Waals surface area (Å²) in [5.41, 5.74) is 0.930. The number of hydrogen-bond donors (Lipinski definition) is 0. The molecular weight excluding hydrogens is 270 g/mol. The van der Waals surface area contributed by atoms with Crippen molar-refractivity contribution in [2.45, 2.75) is 11.9 Å². The van der Waals surface area contributed by atoms with E-state index in [4.69, 9.17) is 4.74 Å². The second kappa shape index (κ2) is 5.65. The van der Waals surface area contributed by atoms with Crippen molar-refractivity contribution in [1.82, 2.24) is 15.0 Å². The SMILES string of the molecule is BrCc1cn(CCOc2ccccc2)nn1. The molecule has 0 fully saturated rings. The highest BCUT2D eigenvalue weighted by molar-refractivity contribution is 9.08. The third-order valence-corrected chi connectivity index (χ3v) is 2.63. The zero-order chi connectivity index (χ0) is 11.2. The number of para-hydroxylation sites is 1. The summed E-state index contributed by atoms with van der Waals surface area (Å²) in [6.45, 7) is 1.30. The normalized spacial score (nSPS) is 10.3. The van der Waals surface area contributed by atoms with E-state index in [9.17, 15) is 0 Å². The molecule has 0 saturated heterocycles. The molecule has 2 rings (SSSR count). The van der Waals surface area contributed by atoms with Gasteiger partial charge in [-0.1, -0.05) is 39.3 Å². The molecule has 84 valence electrons. The Kier molecular flexibility index (Phi) is 3.93. The maximum atomic E-state index is 5.55. The van der Waals surface area contributed by atoms with Crippen LogP contribution in [0, 0.1) is 0 Å². The van der Waals surface area contributed by atoms with E-state index in [1.807, 2.05) is 36.5 Å². The van der Waals surface area contributed by atoms with E-state index < -0.39 is 0 Å². The van der Waals surface area contributed by atoms with Gasteiger partial charge in [-0.2, -0.15) is 0 Å². The molecule has 5 heteroatoms. The first-order valence-corrected chi connectivity index (χ1v) is 6.13. The molecule has 1 aromatic carbocycles. The first-order chi connectivity index (χ1) is 7.88. The Morgan fingerprint density at radius 3 is 2.75 bits per heavy atom. The van der Waals surface area contributed by atoms with Crippen molar-refractivity contribution in [2.75, 3.05) is 6.61 Å². The number of hydrogen-bond acceptors (Lipinski definition) is 3. The summed E-state index contributed by atoms with van der Waals surface area (Å²) in [5, 5.41) is 8.67. The number of alkyl halides is 1. The van der Waals surface area contributed by atoms with Crippen molar-refractivity contribution in [3.8, 4) is 5.75 Å². The third kappa shape index (κ3) is 3.06. The molecule has 0 spiro atoms. The second-order valence-corrected chi connectivity index (χ2v) is 3.83. The molecule has 1 aromatic heterocycles. The van der Waals surface area contributed by atoms with Gasteiger partial charge in [0.2, 0.25) is 0 Å². The molecule has 0 radical (unpaired) electrons. The van der Waals surface area contributed by atoms with Crippen molar-refractivity contribution in [3.05, 3.63) is 42.2 Å². The van der Waals surface area contributed by atoms with Crippen molar-refractivity contribution in [3.63, 3.8) is 0 Å². The molecule has 0 aliphatic heterocycles. The molecule has 16 heavy (non-hydrogen) atoms. The van der Waals surface area contributed by atoms with Gasteiger partial charge in [0.15, 0.2) is 0 Å². The minimum Gasteiger partial charge on any atom is -0.492 e. The first-order valence-electron chi connectivity index (χ1n) is 5.01. The lowest BCUT2D eigenvalue weighted by atomic mass is 10.3. The molecule has 0 aliphatic rings. The molecule has 0 aliphatic carbocycles. The highest BCUT2D eigenvalue weighted by atomic mass is 79.9. The highest BCUT2D eigenvalue weighted by Gasteiger charge is 1.98. The maximum absolute atomic E-state index is 5.55. The lowest BCUT2D eigenvalue weighted by Crippen LogP contribution is -2.08. The minimum atomic E-state index is 0.592. The minimum absolute atomic E-state index is 0.592. The summed E-state index contributed by atoms with van der Waals surface area (Å²) in [6.07, 6.45) is 1.91. The number of benzene rings is 1. The van der Waals surface area contributed by atoms with Crippen LogP contribution in [0.1, 0.15) is 5.69 Å². The van der Waals surface area contributed by atoms with E-state index >= 15 is 0 Å². The Hall–Kier alpha value is -1.36. The van der Waals surface area contributed by atoms with Crippen molar-refractivity contribution < 1.29 is 4.74 Å². The van der Waals surface area contributed by atoms with Crippen LogP contribution in [0.5, 0.6) is 5.75 Å². The van der Waals surface area contributed by atoms with E-state index in [1.54, 1.807) is 4.68 Å². The van der Waals surface area contributed by atoms with Crippen molar-refractivity contribution >= 4 is 15.9 Å². The van der Waals surface area contributed by atoms with Crippen LogP contribution >= 0.6 is 15.9 Å². The molecule has 0 atom stereocenters. The highest BCUT2D eigenvalue weighted by Crippen LogP contribution is 2.08. The molecule has 0 bridgehead atoms. The van der Waals surface area contributed by atoms with E-state index in [0.29, 0.717) is 13.2 Å². The molecular formula is C11H12BrN3O. The van der Waals surface area contributed by atoms with Crippen molar-refractivity contribution in [2.24, 2.45) is 0 Å². The standard InChI is InChI=1S/C11H12BrN3O/c12-8-10-9-15(14-13-10)6-7-16-11-4-2-1-3-5-11/h1-5,9H,6-8H2. The molecule has 2 aromatic rings. The molecule has 1 heterocycles. The van der Waals surface area contributed by atoms with Gasteiger partial charge in [-0.15, -0.1) is 5.10 Å². The fourth-order valence-corrected chi connectivity index (χ4v) is 1.54. The van der Waals surface area contributed by atoms with Gasteiger partial charge in [-0.05, 0) is 12.1 Å². The Morgan fingerprint density at radius 2 is 2.06 bits per heavy atom. The molecule has 0 N–H and O–H groups in total. The monoisotopic (exact) mass is 281 g/mol. The summed E-state index contributed by atoms with van der Waals surface area (Å²) >= 11 is 3.33. The van der Waals surface area contributed by atoms with Crippen LogP contribution in [-0.4, -0.2) is 21.6 Å². The van der Waals surface area contributed by atoms with Gasteiger partial charge in [0.05, 0.1) is 12.2 Å². The van der Waals surface area contributed by atoms with Gasteiger partial charge < -0.3 is 4.74 Å². The van der Waals surface area contributed by atoms with E-state index in [2.05, 4.69) is 26.2 Å². The second-order valence-electron chi connectivity index (χ2n) is 3.27. The Bertz CT molecular complexity index is 430. The summed E-state index contributed by atoms with van der Waals surface area (Å²) in [4.78, 5) is 0. The zero-order valence-electron chi connectivity index (χ0n) is 8.71. The lowest BCUT2D eigenvalue weighted by Gasteiger charge is -2.04. The van der Waals surface area contributed by atoms with Crippen LogP contribution in [0.4, 0.5) is 0 Å². The smallest absolute Gasteiger partial charge is 0.119 e. The number of nitrogens with zero attached hydrogens (tertiary/aromatic N) is 3. The number of halogens is 1. The molecule has 4 nitrogen and oxygen atoms in total. The van der Waals surface area contributed by atoms with Crippen LogP contribution < -0.4 is 4.74 Å². The molecule has 0 saturated carbocycles. The van der Waals surface area contributed by atoms with Gasteiger partial charge in [-0.25, -0.2) is 4.68 Å². The van der Waals surface area contributed by atoms with Gasteiger partial charge >= 0.3 is 0 Å². The third-order valence-electron chi connectivity index (χ3n) is 2.06. The van der Waals surface area contributed by atoms with E-state index in [1.165, 1.54) is 0 Å². The number of ether oxygens (including phenoxy) is 1. The predicted octanol–water partition coefficient (Wildman–Crippen LogP) is 2.25. The zero-order valence-corrected chi connectivity index (χ0v) is 10.3. The van der Waals surface area contributed by atoms with Crippen LogP contribution in [0.15, 0.2) is 36.5 Å². The number of rotatable bonds is 5. The largest absolute Gasteiger partial charge is 0.492 e. The van der Waals surface area contributed by atoms with Gasteiger partial charge in [-0.3, -0.25) is 0 Å². The summed E-state index contributed by atoms with van der Waals surface area (Å²) in [5.74, 6) is 0.878. The van der Waals surface area contributed by atoms with Gasteiger partial charge in [0, 0.05) is 11.5 Å². The summed E-state index contributed by atoms with van der Waals surface area (Å²) in [6, 6.07) is 9.74. The molecule has 0 amide bonds. The number of aromatic nitrogens is 3. The van der Waals surface area contributed by atoms with E-state index in [0.717, 1.165) is 16.8 Å². The topological polar surface area (TPSA) is 39.9 Å². The van der Waals surface area contributed by atoms with Gasteiger partial charge in [0.25, 0.3) is 0 Å². The Morgan fingerprint density at radius 1 is 1.25 bits per heavy atom. The maximum Gasteiger partial charge on any atom is 0.119 e. The first kappa shape index (κ1) is 11.1. The van der Waals surface area contributed by atoms with Crippen LogP contribution in [0.25, 0.3) is 0 Å². The lowest BCUT2D eigenvalue weighted by molar-refractivity contribution is 0.289. The Labute approximate surface area is 102 Å². The van der Waals surface area contributed by atoms with Crippen molar-refractivity contribution in [1.29, 1.82) is 0 Å². The predicted molar refractivity (Wildman–Crippen MR) is 64.6 cm³/mol. The molecule has 0 unspecified atom stereocenters. The Balaban J connectivity index is 1.80. The van der Waals surface area contributed by atoms with Crippen LogP contribution in [-0.2, 0) is 11.9 Å². The fraction of sp³-hybridized carbons (Fsp3) is 0.273. The summed E-state index contributed by atoms with van der Waals surface area (Å²) < 4.78 is 7.33. The average molecular weight is 282 g/mol. The van der Waals surface area contributed by atoms with E-state index in [-0.39, 0.29) is 0 Å². The summed E-state index contributed by atoms with van der Waals surface area (Å²) in [7, 11) is 0. The fourth-order valence-electron chi connectivity index (χ4n) is 1.28. The van der Waals surface area contributed by atoms with Crippen LogP contribution in [0.3, 0.4) is 0 Å². The quantitative estimate of drug-likeness (QED) is 0.790. The average Bonchev–Trinajstić information content (AvgIpc) is 2.78.